The maximum absolute atomic E-state index is 12.9. The Bertz CT molecular complexity index is 907. The van der Waals surface area contributed by atoms with E-state index in [2.05, 4.69) is 5.32 Å². The number of para-hydroxylation sites is 1. The van der Waals surface area contributed by atoms with Gasteiger partial charge in [-0.15, -0.1) is 0 Å². The van der Waals surface area contributed by atoms with E-state index in [9.17, 15) is 14.7 Å². The average molecular weight is 397 g/mol. The Morgan fingerprint density at radius 1 is 1.21 bits per heavy atom. The molecule has 2 aromatic carbocycles. The first-order valence-corrected chi connectivity index (χ1v) is 9.67. The number of benzene rings is 2. The number of likely N-dealkylation sites (tertiary alicyclic amines) is 1. The first-order valence-electron chi connectivity index (χ1n) is 9.67. The number of aromatic hydroxyl groups is 1. The summed E-state index contributed by atoms with van der Waals surface area (Å²) in [6.45, 7) is 3.70. The van der Waals surface area contributed by atoms with E-state index >= 15 is 0 Å². The number of hydrogen-bond acceptors (Lipinski definition) is 4. The third-order valence-electron chi connectivity index (χ3n) is 5.14. The van der Waals surface area contributed by atoms with Gasteiger partial charge in [-0.05, 0) is 49.1 Å². The highest BCUT2D eigenvalue weighted by molar-refractivity contribution is 6.04. The minimum Gasteiger partial charge on any atom is -0.504 e. The number of urea groups is 1. The second-order valence-corrected chi connectivity index (χ2v) is 7.29. The molecule has 0 bridgehead atoms. The number of nitrogens with one attached hydrogen (secondary N) is 1. The van der Waals surface area contributed by atoms with Gasteiger partial charge in [0.15, 0.2) is 11.5 Å². The van der Waals surface area contributed by atoms with Crippen LogP contribution in [0.5, 0.6) is 11.5 Å². The Kier molecular flexibility index (Phi) is 6.26. The van der Waals surface area contributed by atoms with Crippen LogP contribution in [0.15, 0.2) is 36.4 Å². The number of phenolic OH excluding ortho intramolecular Hbond substituents is 1. The van der Waals surface area contributed by atoms with Gasteiger partial charge < -0.3 is 25.0 Å². The fourth-order valence-electron chi connectivity index (χ4n) is 3.47. The Balaban J connectivity index is 1.75. The van der Waals surface area contributed by atoms with Crippen LogP contribution in [0.4, 0.5) is 10.5 Å². The molecule has 3 amide bonds. The second-order valence-electron chi connectivity index (χ2n) is 7.29. The van der Waals surface area contributed by atoms with Gasteiger partial charge in [-0.1, -0.05) is 18.2 Å². The van der Waals surface area contributed by atoms with Gasteiger partial charge in [-0.25, -0.2) is 4.79 Å². The van der Waals surface area contributed by atoms with Crippen molar-refractivity contribution < 1.29 is 19.4 Å². The van der Waals surface area contributed by atoms with E-state index in [1.165, 1.54) is 18.1 Å². The van der Waals surface area contributed by atoms with Crippen LogP contribution >= 0.6 is 0 Å². The summed E-state index contributed by atoms with van der Waals surface area (Å²) in [5.41, 5.74) is 2.71. The molecule has 1 saturated heterocycles. The quantitative estimate of drug-likeness (QED) is 0.808. The van der Waals surface area contributed by atoms with Crippen molar-refractivity contribution >= 4 is 17.6 Å². The summed E-state index contributed by atoms with van der Waals surface area (Å²) in [6, 6.07) is 10.1. The van der Waals surface area contributed by atoms with Crippen LogP contribution in [-0.4, -0.2) is 54.1 Å². The van der Waals surface area contributed by atoms with Gasteiger partial charge in [0.1, 0.15) is 0 Å². The molecule has 0 aliphatic carbocycles. The molecule has 7 nitrogen and oxygen atoms in total. The highest BCUT2D eigenvalue weighted by Crippen LogP contribution is 2.27. The zero-order valence-electron chi connectivity index (χ0n) is 17.1. The van der Waals surface area contributed by atoms with Crippen molar-refractivity contribution in [3.63, 3.8) is 0 Å². The molecule has 154 valence electrons. The molecule has 1 heterocycles. The average Bonchev–Trinajstić information content (AvgIpc) is 3.25. The van der Waals surface area contributed by atoms with Crippen LogP contribution < -0.4 is 10.1 Å². The largest absolute Gasteiger partial charge is 0.504 e. The highest BCUT2D eigenvalue weighted by atomic mass is 16.5. The van der Waals surface area contributed by atoms with Gasteiger partial charge in [0, 0.05) is 26.7 Å². The second kappa shape index (κ2) is 8.86. The maximum Gasteiger partial charge on any atom is 0.321 e. The molecule has 0 unspecified atom stereocenters. The summed E-state index contributed by atoms with van der Waals surface area (Å²) >= 11 is 0. The lowest BCUT2D eigenvalue weighted by molar-refractivity contribution is 0.0793. The number of carbonyl (C=O) groups excluding carboxylic acids is 2. The lowest BCUT2D eigenvalue weighted by atomic mass is 10.1. The summed E-state index contributed by atoms with van der Waals surface area (Å²) < 4.78 is 5.12. The number of ether oxygens (including phenoxy) is 1. The van der Waals surface area contributed by atoms with Gasteiger partial charge >= 0.3 is 6.03 Å². The number of phenols is 1. The molecule has 0 aromatic heterocycles. The molecular formula is C22H27N3O4. The highest BCUT2D eigenvalue weighted by Gasteiger charge is 2.24. The predicted molar refractivity (Wildman–Crippen MR) is 111 cm³/mol. The Morgan fingerprint density at radius 3 is 2.62 bits per heavy atom. The minimum absolute atomic E-state index is 0.0487. The van der Waals surface area contributed by atoms with Crippen LogP contribution in [0.2, 0.25) is 0 Å². The molecule has 1 aliphatic rings. The van der Waals surface area contributed by atoms with Crippen molar-refractivity contribution in [1.29, 1.82) is 0 Å². The summed E-state index contributed by atoms with van der Waals surface area (Å²) in [7, 11) is 3.15. The molecule has 0 atom stereocenters. The van der Waals surface area contributed by atoms with Crippen molar-refractivity contribution in [2.75, 3.05) is 32.6 Å². The standard InChI is InChI=1S/C22H27N3O4/c1-15-7-6-8-17(21(27)25-11-4-5-12-25)20(15)23-22(28)24(2)14-16-9-10-18(26)19(13-16)29-3/h6-10,13,26H,4-5,11-12,14H2,1-3H3,(H,23,28). The van der Waals surface area contributed by atoms with E-state index in [4.69, 9.17) is 4.74 Å². The van der Waals surface area contributed by atoms with Gasteiger partial charge in [0.25, 0.3) is 5.91 Å². The van der Waals surface area contributed by atoms with E-state index in [0.717, 1.165) is 37.1 Å². The van der Waals surface area contributed by atoms with Crippen LogP contribution in [0, 0.1) is 6.92 Å². The summed E-state index contributed by atoms with van der Waals surface area (Å²) in [5, 5.41) is 12.6. The lowest BCUT2D eigenvalue weighted by Gasteiger charge is -2.22. The Hall–Kier alpha value is -3.22. The molecular weight excluding hydrogens is 370 g/mol. The minimum atomic E-state index is -0.318. The molecule has 0 spiro atoms. The molecule has 3 rings (SSSR count). The summed E-state index contributed by atoms with van der Waals surface area (Å²) in [6.07, 6.45) is 2.02. The monoisotopic (exact) mass is 397 g/mol. The molecule has 2 N–H and O–H groups in total. The van der Waals surface area contributed by atoms with Crippen molar-refractivity contribution in [3.05, 3.63) is 53.1 Å². The zero-order chi connectivity index (χ0) is 21.0. The van der Waals surface area contributed by atoms with E-state index in [-0.39, 0.29) is 17.7 Å². The molecule has 1 fully saturated rings. The zero-order valence-corrected chi connectivity index (χ0v) is 17.1. The fraction of sp³-hybridized carbons (Fsp3) is 0.364. The first kappa shape index (κ1) is 20.5. The Morgan fingerprint density at radius 2 is 1.93 bits per heavy atom. The van der Waals surface area contributed by atoms with Crippen molar-refractivity contribution in [1.82, 2.24) is 9.80 Å². The summed E-state index contributed by atoms with van der Waals surface area (Å²) in [5.74, 6) is 0.356. The number of methoxy groups -OCH3 is 1. The smallest absolute Gasteiger partial charge is 0.321 e. The van der Waals surface area contributed by atoms with E-state index in [1.807, 2.05) is 24.0 Å². The Labute approximate surface area is 170 Å². The molecule has 0 radical (unpaired) electrons. The van der Waals surface area contributed by atoms with Crippen LogP contribution in [-0.2, 0) is 6.54 Å². The van der Waals surface area contributed by atoms with Crippen LogP contribution in [0.1, 0.15) is 34.3 Å². The van der Waals surface area contributed by atoms with Crippen LogP contribution in [0.25, 0.3) is 0 Å². The van der Waals surface area contributed by atoms with Gasteiger partial charge in [0.05, 0.1) is 18.4 Å². The topological polar surface area (TPSA) is 82.1 Å². The molecule has 7 heteroatoms. The number of aryl methyl sites for hydroxylation is 1. The van der Waals surface area contributed by atoms with Crippen molar-refractivity contribution in [3.8, 4) is 11.5 Å². The number of hydrogen-bond donors (Lipinski definition) is 2. The number of amides is 3. The lowest BCUT2D eigenvalue weighted by Crippen LogP contribution is -2.33. The van der Waals surface area contributed by atoms with Crippen molar-refractivity contribution in [2.45, 2.75) is 26.3 Å². The van der Waals surface area contributed by atoms with Gasteiger partial charge in [0.2, 0.25) is 0 Å². The molecule has 29 heavy (non-hydrogen) atoms. The number of anilines is 1. The number of rotatable bonds is 5. The number of nitrogens with zero attached hydrogens (tertiary/aromatic N) is 2. The predicted octanol–water partition coefficient (Wildman–Crippen LogP) is 3.61. The molecule has 2 aromatic rings. The number of carbonyl (C=O) groups is 2. The third-order valence-corrected chi connectivity index (χ3v) is 5.14. The van der Waals surface area contributed by atoms with Gasteiger partial charge in [-0.2, -0.15) is 0 Å². The van der Waals surface area contributed by atoms with Crippen LogP contribution in [0.3, 0.4) is 0 Å². The van der Waals surface area contributed by atoms with Gasteiger partial charge in [-0.3, -0.25) is 4.79 Å². The summed E-state index contributed by atoms with van der Waals surface area (Å²) in [4.78, 5) is 29.0. The molecule has 0 saturated carbocycles. The van der Waals surface area contributed by atoms with E-state index in [1.54, 1.807) is 25.2 Å². The fourth-order valence-corrected chi connectivity index (χ4v) is 3.47. The first-order chi connectivity index (χ1) is 13.9. The SMILES string of the molecule is COc1cc(CN(C)C(=O)Nc2c(C)cccc2C(=O)N2CCCC2)ccc1O. The maximum atomic E-state index is 12.9. The van der Waals surface area contributed by atoms with E-state index in [0.29, 0.717) is 23.5 Å². The normalized spacial score (nSPS) is 13.3. The van der Waals surface area contributed by atoms with E-state index < -0.39 is 0 Å². The molecule has 1 aliphatic heterocycles. The van der Waals surface area contributed by atoms with Crippen molar-refractivity contribution in [2.24, 2.45) is 0 Å². The third kappa shape index (κ3) is 4.62.